The van der Waals surface area contributed by atoms with E-state index in [9.17, 15) is 14.9 Å². The van der Waals surface area contributed by atoms with Crippen LogP contribution >= 0.6 is 11.6 Å². The van der Waals surface area contributed by atoms with Crippen molar-refractivity contribution in [3.8, 4) is 11.8 Å². The Labute approximate surface area is 216 Å². The van der Waals surface area contributed by atoms with Crippen molar-refractivity contribution in [2.24, 2.45) is 5.92 Å². The van der Waals surface area contributed by atoms with Crippen molar-refractivity contribution >= 4 is 29.1 Å². The summed E-state index contributed by atoms with van der Waals surface area (Å²) >= 11 is 6.06. The molecule has 2 aromatic carbocycles. The molecule has 1 aliphatic carbocycles. The van der Waals surface area contributed by atoms with E-state index in [0.29, 0.717) is 41.6 Å². The smallest absolute Gasteiger partial charge is 0.223 e. The molecule has 1 saturated carbocycles. The Balaban J connectivity index is 1.52. The van der Waals surface area contributed by atoms with Crippen LogP contribution in [0.15, 0.2) is 48.5 Å². The average Bonchev–Trinajstić information content (AvgIpc) is 3.27. The minimum absolute atomic E-state index is 0.0874. The van der Waals surface area contributed by atoms with E-state index in [1.54, 1.807) is 41.1 Å². The number of carbonyl (C=O) groups is 2. The summed E-state index contributed by atoms with van der Waals surface area (Å²) < 4.78 is 1.57. The topological polar surface area (TPSA) is 99.8 Å². The molecule has 0 saturated heterocycles. The second kappa shape index (κ2) is 11.9. The van der Waals surface area contributed by atoms with Crippen molar-refractivity contribution in [2.45, 2.75) is 45.4 Å². The van der Waals surface area contributed by atoms with Gasteiger partial charge in [0, 0.05) is 29.6 Å². The van der Waals surface area contributed by atoms with E-state index in [-0.39, 0.29) is 28.9 Å². The highest BCUT2D eigenvalue weighted by Gasteiger charge is 2.25. The zero-order valence-corrected chi connectivity index (χ0v) is 21.1. The van der Waals surface area contributed by atoms with Gasteiger partial charge in [-0.05, 0) is 50.5 Å². The lowest BCUT2D eigenvalue weighted by atomic mass is 9.89. The van der Waals surface area contributed by atoms with Gasteiger partial charge in [0.25, 0.3) is 0 Å². The first-order valence-electron chi connectivity index (χ1n) is 12.4. The van der Waals surface area contributed by atoms with Gasteiger partial charge < -0.3 is 10.6 Å². The number of anilines is 1. The summed E-state index contributed by atoms with van der Waals surface area (Å²) in [7, 11) is 0. The summed E-state index contributed by atoms with van der Waals surface area (Å²) in [4.78, 5) is 25.7. The van der Waals surface area contributed by atoms with Crippen molar-refractivity contribution in [2.75, 3.05) is 18.4 Å². The van der Waals surface area contributed by atoms with Crippen LogP contribution in [-0.4, -0.2) is 34.6 Å². The molecule has 0 spiro atoms. The number of hydrogen-bond acceptors (Lipinski definition) is 5. The van der Waals surface area contributed by atoms with Crippen LogP contribution in [-0.2, 0) is 4.79 Å². The van der Waals surface area contributed by atoms with E-state index in [2.05, 4.69) is 21.8 Å². The fourth-order valence-corrected chi connectivity index (χ4v) is 4.60. The lowest BCUT2D eigenvalue weighted by Crippen LogP contribution is -2.33. The van der Waals surface area contributed by atoms with Gasteiger partial charge in [0.15, 0.2) is 5.69 Å². The quantitative estimate of drug-likeness (QED) is 0.299. The highest BCUT2D eigenvalue weighted by atomic mass is 35.5. The molecule has 7 nitrogen and oxygen atoms in total. The van der Waals surface area contributed by atoms with Crippen LogP contribution in [0.1, 0.15) is 65.7 Å². The highest BCUT2D eigenvalue weighted by molar-refractivity contribution is 6.30. The maximum atomic E-state index is 13.3. The zero-order chi connectivity index (χ0) is 25.5. The Morgan fingerprint density at radius 2 is 1.75 bits per heavy atom. The van der Waals surface area contributed by atoms with Crippen LogP contribution in [0.25, 0.3) is 5.69 Å². The van der Waals surface area contributed by atoms with E-state index < -0.39 is 0 Å². The largest absolute Gasteiger partial charge is 0.369 e. The second-order valence-corrected chi connectivity index (χ2v) is 9.61. The normalized spacial score (nSPS) is 13.7. The fraction of sp³-hybridized carbons (Fsp3) is 0.357. The van der Waals surface area contributed by atoms with E-state index >= 15 is 0 Å². The summed E-state index contributed by atoms with van der Waals surface area (Å²) in [5.74, 6) is 0.374. The Bertz CT molecular complexity index is 1250. The van der Waals surface area contributed by atoms with E-state index in [0.717, 1.165) is 31.2 Å². The third kappa shape index (κ3) is 5.95. The van der Waals surface area contributed by atoms with Gasteiger partial charge in [0.2, 0.25) is 11.7 Å². The van der Waals surface area contributed by atoms with E-state index in [1.807, 2.05) is 19.1 Å². The monoisotopic (exact) mass is 503 g/mol. The number of aromatic nitrogens is 2. The van der Waals surface area contributed by atoms with Crippen LogP contribution in [0.3, 0.4) is 0 Å². The number of carbonyl (C=O) groups excluding carboxylic acids is 2. The van der Waals surface area contributed by atoms with Crippen molar-refractivity contribution in [1.82, 2.24) is 15.1 Å². The van der Waals surface area contributed by atoms with Gasteiger partial charge in [-0.15, -0.1) is 0 Å². The minimum atomic E-state index is -0.318. The van der Waals surface area contributed by atoms with Crippen molar-refractivity contribution < 1.29 is 9.59 Å². The molecule has 0 aliphatic heterocycles. The molecule has 3 aromatic rings. The molecule has 1 heterocycles. The fourth-order valence-electron chi connectivity index (χ4n) is 4.47. The second-order valence-electron chi connectivity index (χ2n) is 9.17. The lowest BCUT2D eigenvalue weighted by Gasteiger charge is -2.20. The number of amides is 1. The van der Waals surface area contributed by atoms with Crippen LogP contribution < -0.4 is 10.6 Å². The first-order chi connectivity index (χ1) is 17.5. The molecule has 0 unspecified atom stereocenters. The van der Waals surface area contributed by atoms with Crippen LogP contribution in [0.5, 0.6) is 0 Å². The number of benzene rings is 2. The average molecular weight is 504 g/mol. The SMILES string of the molecule is Cc1ccc(C(=O)c2nn(-c3ccc(Cl)cc3)c(NCCCNC(=O)C3CCCCC3)c2C#N)cc1. The van der Waals surface area contributed by atoms with E-state index in [4.69, 9.17) is 11.6 Å². The summed E-state index contributed by atoms with van der Waals surface area (Å²) in [6, 6.07) is 16.4. The number of nitrogens with one attached hydrogen (secondary N) is 2. The maximum absolute atomic E-state index is 13.3. The summed E-state index contributed by atoms with van der Waals surface area (Å²) in [5, 5.41) is 21.4. The highest BCUT2D eigenvalue weighted by Crippen LogP contribution is 2.27. The number of halogens is 1. The molecule has 186 valence electrons. The van der Waals surface area contributed by atoms with Crippen LogP contribution in [0, 0.1) is 24.2 Å². The molecule has 1 amide bonds. The molecule has 8 heteroatoms. The molecular weight excluding hydrogens is 474 g/mol. The molecule has 0 bridgehead atoms. The number of nitrogens with zero attached hydrogens (tertiary/aromatic N) is 3. The van der Waals surface area contributed by atoms with E-state index in [1.165, 1.54) is 6.42 Å². The van der Waals surface area contributed by atoms with Gasteiger partial charge in [0.05, 0.1) is 5.69 Å². The number of rotatable bonds is 9. The molecule has 1 aliphatic rings. The Kier molecular flexibility index (Phi) is 8.40. The third-order valence-electron chi connectivity index (χ3n) is 6.52. The predicted octanol–water partition coefficient (Wildman–Crippen LogP) is 5.44. The van der Waals surface area contributed by atoms with Gasteiger partial charge in [-0.1, -0.05) is 60.7 Å². The molecule has 4 rings (SSSR count). The number of hydrogen-bond donors (Lipinski definition) is 2. The van der Waals surface area contributed by atoms with Gasteiger partial charge in [-0.2, -0.15) is 10.4 Å². The van der Waals surface area contributed by atoms with Crippen molar-refractivity contribution in [3.63, 3.8) is 0 Å². The Morgan fingerprint density at radius 1 is 1.06 bits per heavy atom. The standard InChI is InChI=1S/C28H30ClN5O2/c1-19-8-10-20(11-9-19)26(35)25-24(18-30)27(34(33-25)23-14-12-22(29)13-15-23)31-16-5-17-32-28(36)21-6-3-2-4-7-21/h8-15,21,31H,2-7,16-17H2,1H3,(H,32,36). The number of nitriles is 1. The molecular formula is C28H30ClN5O2. The predicted molar refractivity (Wildman–Crippen MR) is 141 cm³/mol. The number of ketones is 1. The minimum Gasteiger partial charge on any atom is -0.369 e. The first kappa shape index (κ1) is 25.5. The molecule has 2 N–H and O–H groups in total. The molecule has 1 fully saturated rings. The zero-order valence-electron chi connectivity index (χ0n) is 20.4. The Hall–Kier alpha value is -3.63. The van der Waals surface area contributed by atoms with Crippen molar-refractivity contribution in [3.05, 3.63) is 75.9 Å². The van der Waals surface area contributed by atoms with Crippen LogP contribution in [0.4, 0.5) is 5.82 Å². The third-order valence-corrected chi connectivity index (χ3v) is 6.77. The molecule has 0 atom stereocenters. The van der Waals surface area contributed by atoms with Gasteiger partial charge in [-0.3, -0.25) is 9.59 Å². The van der Waals surface area contributed by atoms with Gasteiger partial charge in [0.1, 0.15) is 17.5 Å². The summed E-state index contributed by atoms with van der Waals surface area (Å²) in [5.41, 5.74) is 2.45. The van der Waals surface area contributed by atoms with Crippen LogP contribution in [0.2, 0.25) is 5.02 Å². The molecule has 36 heavy (non-hydrogen) atoms. The van der Waals surface area contributed by atoms with Gasteiger partial charge >= 0.3 is 0 Å². The summed E-state index contributed by atoms with van der Waals surface area (Å²) in [6.07, 6.45) is 6.05. The lowest BCUT2D eigenvalue weighted by molar-refractivity contribution is -0.125. The Morgan fingerprint density at radius 3 is 2.42 bits per heavy atom. The van der Waals surface area contributed by atoms with Crippen molar-refractivity contribution in [1.29, 1.82) is 5.26 Å². The van der Waals surface area contributed by atoms with Gasteiger partial charge in [-0.25, -0.2) is 4.68 Å². The molecule has 1 aromatic heterocycles. The summed E-state index contributed by atoms with van der Waals surface area (Å²) in [6.45, 7) is 2.98. The molecule has 0 radical (unpaired) electrons. The first-order valence-corrected chi connectivity index (χ1v) is 12.8. The maximum Gasteiger partial charge on any atom is 0.223 e. The number of aryl methyl sites for hydroxylation is 1.